The molecule has 2 aromatic carbocycles. The number of hydrazone groups is 1. The fraction of sp³-hybridized carbons (Fsp3) is 0.182. The van der Waals surface area contributed by atoms with Gasteiger partial charge >= 0.3 is 0 Å². The van der Waals surface area contributed by atoms with Crippen LogP contribution < -0.4 is 10.2 Å². The highest BCUT2D eigenvalue weighted by molar-refractivity contribution is 9.10. The summed E-state index contributed by atoms with van der Waals surface area (Å²) >= 11 is 4.15. The molecular formula is C22H19BrN4O3S. The van der Waals surface area contributed by atoms with Crippen LogP contribution >= 0.6 is 27.7 Å². The lowest BCUT2D eigenvalue weighted by Gasteiger charge is -2.22. The van der Waals surface area contributed by atoms with Crippen LogP contribution in [0.2, 0.25) is 0 Å². The van der Waals surface area contributed by atoms with Gasteiger partial charge in [0, 0.05) is 36.8 Å². The minimum Gasteiger partial charge on any atom is -0.378 e. The molecule has 1 atom stereocenters. The number of imide groups is 1. The molecule has 0 spiro atoms. The van der Waals surface area contributed by atoms with Gasteiger partial charge < -0.3 is 4.90 Å². The Labute approximate surface area is 192 Å². The average Bonchev–Trinajstić information content (AvgIpc) is 3.32. The van der Waals surface area contributed by atoms with Crippen LogP contribution in [-0.4, -0.2) is 41.9 Å². The number of carbonyl (C=O) groups excluding carboxylic acids is 3. The van der Waals surface area contributed by atoms with Crippen molar-refractivity contribution >= 4 is 56.1 Å². The van der Waals surface area contributed by atoms with Crippen LogP contribution in [0.3, 0.4) is 0 Å². The maximum absolute atomic E-state index is 13.1. The first-order chi connectivity index (χ1) is 14.8. The van der Waals surface area contributed by atoms with Gasteiger partial charge in [-0.2, -0.15) is 5.10 Å². The molecule has 158 valence electrons. The fourth-order valence-corrected chi connectivity index (χ4v) is 4.30. The van der Waals surface area contributed by atoms with E-state index in [2.05, 4.69) is 26.3 Å². The van der Waals surface area contributed by atoms with Crippen LogP contribution in [0.1, 0.15) is 23.6 Å². The Morgan fingerprint density at radius 3 is 2.42 bits per heavy atom. The number of carbonyl (C=O) groups is 3. The minimum absolute atomic E-state index is 0.0731. The van der Waals surface area contributed by atoms with Crippen molar-refractivity contribution in [2.24, 2.45) is 5.10 Å². The molecule has 2 aromatic rings. The number of amides is 3. The van der Waals surface area contributed by atoms with Crippen molar-refractivity contribution in [2.45, 2.75) is 12.5 Å². The molecule has 3 amide bonds. The highest BCUT2D eigenvalue weighted by atomic mass is 79.9. The summed E-state index contributed by atoms with van der Waals surface area (Å²) in [4.78, 5) is 38.4. The van der Waals surface area contributed by atoms with Gasteiger partial charge in [0.15, 0.2) is 0 Å². The molecule has 1 N–H and O–H groups in total. The number of anilines is 1. The van der Waals surface area contributed by atoms with Crippen molar-refractivity contribution in [3.8, 4) is 0 Å². The molecule has 31 heavy (non-hydrogen) atoms. The summed E-state index contributed by atoms with van der Waals surface area (Å²) in [6.07, 6.45) is 1.72. The van der Waals surface area contributed by atoms with Gasteiger partial charge in [-0.15, -0.1) is 0 Å². The SMILES string of the molecule is CN(C)c1ccc(C2CC(c3ccc(Br)cc3)=NN2C(=O)/C=C2\SC(=O)NC2=O)cc1. The van der Waals surface area contributed by atoms with Crippen LogP contribution in [0.25, 0.3) is 0 Å². The Hall–Kier alpha value is -2.91. The zero-order valence-electron chi connectivity index (χ0n) is 16.8. The molecule has 7 nitrogen and oxygen atoms in total. The summed E-state index contributed by atoms with van der Waals surface area (Å²) in [5.41, 5.74) is 3.69. The normalized spacial score (nSPS) is 19.6. The molecule has 0 saturated carbocycles. The Kier molecular flexibility index (Phi) is 5.97. The van der Waals surface area contributed by atoms with Gasteiger partial charge in [-0.25, -0.2) is 5.01 Å². The molecule has 0 radical (unpaired) electrons. The zero-order chi connectivity index (χ0) is 22.1. The lowest BCUT2D eigenvalue weighted by molar-refractivity contribution is -0.128. The van der Waals surface area contributed by atoms with E-state index in [0.29, 0.717) is 18.2 Å². The lowest BCUT2D eigenvalue weighted by atomic mass is 9.98. The van der Waals surface area contributed by atoms with Crippen molar-refractivity contribution in [3.05, 3.63) is 75.1 Å². The molecular weight excluding hydrogens is 480 g/mol. The van der Waals surface area contributed by atoms with E-state index in [4.69, 9.17) is 0 Å². The standard InChI is InChI=1S/C22H19BrN4O3S/c1-26(2)16-9-5-14(6-10-16)18-11-17(13-3-7-15(23)8-4-13)25-27(18)20(28)12-19-21(29)24-22(30)31-19/h3-10,12,18H,11H2,1-2H3,(H,24,29,30)/b19-12-. The number of nitrogens with zero attached hydrogens (tertiary/aromatic N) is 3. The second-order valence-electron chi connectivity index (χ2n) is 7.29. The summed E-state index contributed by atoms with van der Waals surface area (Å²) in [5, 5.41) is 7.67. The third-order valence-electron chi connectivity index (χ3n) is 5.00. The molecule has 9 heteroatoms. The minimum atomic E-state index is -0.563. The number of hydrogen-bond acceptors (Lipinski definition) is 6. The summed E-state index contributed by atoms with van der Waals surface area (Å²) in [7, 11) is 3.93. The molecule has 2 aliphatic rings. The fourth-order valence-electron chi connectivity index (χ4n) is 3.38. The van der Waals surface area contributed by atoms with E-state index in [1.807, 2.05) is 67.5 Å². The van der Waals surface area contributed by atoms with Crippen LogP contribution in [0.15, 0.2) is 69.1 Å². The van der Waals surface area contributed by atoms with E-state index in [1.165, 1.54) is 11.1 Å². The summed E-state index contributed by atoms with van der Waals surface area (Å²) in [5.74, 6) is -1.01. The summed E-state index contributed by atoms with van der Waals surface area (Å²) in [6, 6.07) is 15.4. The molecule has 2 heterocycles. The molecule has 1 fully saturated rings. The van der Waals surface area contributed by atoms with Crippen molar-refractivity contribution in [1.82, 2.24) is 10.3 Å². The molecule has 4 rings (SSSR count). The van der Waals surface area contributed by atoms with Crippen LogP contribution in [0.4, 0.5) is 10.5 Å². The topological polar surface area (TPSA) is 82.1 Å². The maximum atomic E-state index is 13.1. The quantitative estimate of drug-likeness (QED) is 0.642. The molecule has 2 aliphatic heterocycles. The third kappa shape index (κ3) is 4.57. The number of thioether (sulfide) groups is 1. The number of nitrogens with one attached hydrogen (secondary N) is 1. The van der Waals surface area contributed by atoms with Crippen LogP contribution in [-0.2, 0) is 9.59 Å². The number of rotatable bonds is 4. The van der Waals surface area contributed by atoms with Gasteiger partial charge in [-0.3, -0.25) is 19.7 Å². The second kappa shape index (κ2) is 8.68. The molecule has 0 bridgehead atoms. The Balaban J connectivity index is 1.68. The predicted octanol–water partition coefficient (Wildman–Crippen LogP) is 4.06. The van der Waals surface area contributed by atoms with Gasteiger partial charge in [0.2, 0.25) is 0 Å². The van der Waals surface area contributed by atoms with E-state index < -0.39 is 17.1 Å². The smallest absolute Gasteiger partial charge is 0.290 e. The largest absolute Gasteiger partial charge is 0.378 e. The maximum Gasteiger partial charge on any atom is 0.290 e. The number of hydrogen-bond donors (Lipinski definition) is 1. The molecule has 1 unspecified atom stereocenters. The zero-order valence-corrected chi connectivity index (χ0v) is 19.2. The van der Waals surface area contributed by atoms with Gasteiger partial charge in [0.25, 0.3) is 17.1 Å². The number of halogens is 1. The van der Waals surface area contributed by atoms with Crippen molar-refractivity contribution in [3.63, 3.8) is 0 Å². The first kappa shape index (κ1) is 21.3. The van der Waals surface area contributed by atoms with Gasteiger partial charge in [0.1, 0.15) is 0 Å². The predicted molar refractivity (Wildman–Crippen MR) is 125 cm³/mol. The third-order valence-corrected chi connectivity index (χ3v) is 6.34. The van der Waals surface area contributed by atoms with E-state index in [-0.39, 0.29) is 10.9 Å². The molecule has 0 aromatic heterocycles. The van der Waals surface area contributed by atoms with Crippen molar-refractivity contribution in [2.75, 3.05) is 19.0 Å². The number of benzene rings is 2. The monoisotopic (exact) mass is 498 g/mol. The molecule has 1 saturated heterocycles. The Bertz CT molecular complexity index is 1110. The lowest BCUT2D eigenvalue weighted by Crippen LogP contribution is -2.26. The second-order valence-corrected chi connectivity index (χ2v) is 9.22. The van der Waals surface area contributed by atoms with E-state index in [1.54, 1.807) is 0 Å². The highest BCUT2D eigenvalue weighted by Crippen LogP contribution is 2.35. The average molecular weight is 499 g/mol. The Morgan fingerprint density at radius 2 is 1.84 bits per heavy atom. The van der Waals surface area contributed by atoms with Crippen molar-refractivity contribution in [1.29, 1.82) is 0 Å². The Morgan fingerprint density at radius 1 is 1.16 bits per heavy atom. The summed E-state index contributed by atoms with van der Waals surface area (Å²) in [6.45, 7) is 0. The van der Waals surface area contributed by atoms with Crippen molar-refractivity contribution < 1.29 is 14.4 Å². The van der Waals surface area contributed by atoms with Gasteiger partial charge in [-0.05, 0) is 47.2 Å². The van der Waals surface area contributed by atoms with Gasteiger partial charge in [0.05, 0.1) is 16.7 Å². The van der Waals surface area contributed by atoms with Crippen LogP contribution in [0, 0.1) is 0 Å². The van der Waals surface area contributed by atoms with Crippen LogP contribution in [0.5, 0.6) is 0 Å². The van der Waals surface area contributed by atoms with E-state index in [0.717, 1.165) is 27.0 Å². The van der Waals surface area contributed by atoms with Gasteiger partial charge in [-0.1, -0.05) is 40.2 Å². The highest BCUT2D eigenvalue weighted by Gasteiger charge is 2.34. The first-order valence-electron chi connectivity index (χ1n) is 9.50. The van der Waals surface area contributed by atoms with E-state index in [9.17, 15) is 14.4 Å². The summed E-state index contributed by atoms with van der Waals surface area (Å²) < 4.78 is 0.956. The molecule has 0 aliphatic carbocycles. The first-order valence-corrected chi connectivity index (χ1v) is 11.1. The van der Waals surface area contributed by atoms with E-state index >= 15 is 0 Å².